The van der Waals surface area contributed by atoms with Crippen molar-refractivity contribution in [2.75, 3.05) is 20.0 Å². The predicted octanol–water partition coefficient (Wildman–Crippen LogP) is 1.85. The number of ether oxygens (including phenoxy) is 2. The van der Waals surface area contributed by atoms with Gasteiger partial charge < -0.3 is 24.5 Å². The molecule has 1 aliphatic rings. The fourth-order valence-corrected chi connectivity index (χ4v) is 4.29. The lowest BCUT2D eigenvalue weighted by Crippen LogP contribution is -2.44. The summed E-state index contributed by atoms with van der Waals surface area (Å²) in [6, 6.07) is 11.5. The van der Waals surface area contributed by atoms with Crippen LogP contribution in [0.3, 0.4) is 0 Å². The van der Waals surface area contributed by atoms with E-state index in [0.717, 1.165) is 18.9 Å². The smallest absolute Gasteiger partial charge is 0.337 e. The zero-order valence-electron chi connectivity index (χ0n) is 18.3. The van der Waals surface area contributed by atoms with E-state index in [1.165, 1.54) is 25.5 Å². The van der Waals surface area contributed by atoms with Crippen molar-refractivity contribution in [1.82, 2.24) is 10.6 Å². The number of methoxy groups -OCH3 is 2. The van der Waals surface area contributed by atoms with E-state index in [1.807, 2.05) is 0 Å². The minimum absolute atomic E-state index is 0.0849. The fourth-order valence-electron chi connectivity index (χ4n) is 3.41. The second-order valence-corrected chi connectivity index (χ2v) is 8.07. The van der Waals surface area contributed by atoms with Gasteiger partial charge >= 0.3 is 11.9 Å². The predicted molar refractivity (Wildman–Crippen MR) is 120 cm³/mol. The highest BCUT2D eigenvalue weighted by atomic mass is 32.2. The first-order valence-corrected chi connectivity index (χ1v) is 11.0. The van der Waals surface area contributed by atoms with Crippen molar-refractivity contribution in [2.45, 2.75) is 12.5 Å². The number of benzene rings is 1. The van der Waals surface area contributed by atoms with Crippen LogP contribution < -0.4 is 10.6 Å². The Morgan fingerprint density at radius 1 is 1.18 bits per heavy atom. The summed E-state index contributed by atoms with van der Waals surface area (Å²) >= 11 is 0.967. The molecule has 1 aromatic heterocycles. The Bertz CT molecular complexity index is 1150. The first kappa shape index (κ1) is 24.6. The molecule has 0 unspecified atom stereocenters. The van der Waals surface area contributed by atoms with Gasteiger partial charge in [0.05, 0.1) is 55.0 Å². The minimum Gasteiger partial charge on any atom is -0.468 e. The monoisotopic (exact) mass is 483 g/mol. The number of nitriles is 1. The summed E-state index contributed by atoms with van der Waals surface area (Å²) in [5.74, 6) is -4.15. The number of esters is 2. The Hall–Kier alpha value is -4.04. The van der Waals surface area contributed by atoms with Crippen molar-refractivity contribution < 1.29 is 33.1 Å². The molecule has 2 amide bonds. The molecule has 11 heteroatoms. The molecule has 0 saturated heterocycles. The van der Waals surface area contributed by atoms with Crippen molar-refractivity contribution in [3.63, 3.8) is 0 Å². The van der Waals surface area contributed by atoms with Crippen LogP contribution in [0.5, 0.6) is 0 Å². The molecule has 176 valence electrons. The lowest BCUT2D eigenvalue weighted by atomic mass is 9.78. The Balaban J connectivity index is 1.87. The number of thioether (sulfide) groups is 1. The molecule has 2 heterocycles. The zero-order valence-corrected chi connectivity index (χ0v) is 19.1. The van der Waals surface area contributed by atoms with Gasteiger partial charge in [-0.05, 0) is 29.8 Å². The third-order valence-corrected chi connectivity index (χ3v) is 6.08. The summed E-state index contributed by atoms with van der Waals surface area (Å²) in [6.07, 6.45) is 1.49. The maximum Gasteiger partial charge on any atom is 0.337 e. The maximum atomic E-state index is 12.8. The summed E-state index contributed by atoms with van der Waals surface area (Å²) < 4.78 is 14.6. The molecule has 1 aliphatic heterocycles. The average Bonchev–Trinajstić information content (AvgIpc) is 3.38. The van der Waals surface area contributed by atoms with Crippen LogP contribution in [0.1, 0.15) is 27.6 Å². The molecule has 1 aromatic carbocycles. The largest absolute Gasteiger partial charge is 0.468 e. The molecule has 3 rings (SSSR count). The lowest BCUT2D eigenvalue weighted by molar-refractivity contribution is -0.150. The second-order valence-electron chi connectivity index (χ2n) is 7.08. The Labute approximate surface area is 199 Å². The number of amides is 2. The highest BCUT2D eigenvalue weighted by Crippen LogP contribution is 2.40. The van der Waals surface area contributed by atoms with Crippen LogP contribution in [-0.4, -0.2) is 43.7 Å². The van der Waals surface area contributed by atoms with E-state index >= 15 is 0 Å². The first-order chi connectivity index (χ1) is 16.4. The summed E-state index contributed by atoms with van der Waals surface area (Å²) in [5, 5.41) is 15.3. The van der Waals surface area contributed by atoms with Crippen molar-refractivity contribution in [2.24, 2.45) is 5.92 Å². The van der Waals surface area contributed by atoms with Gasteiger partial charge in [0.2, 0.25) is 11.8 Å². The quantitative estimate of drug-likeness (QED) is 0.424. The maximum absolute atomic E-state index is 12.8. The summed E-state index contributed by atoms with van der Waals surface area (Å²) in [4.78, 5) is 49.3. The summed E-state index contributed by atoms with van der Waals surface area (Å²) in [6.45, 7) is 0.197. The third kappa shape index (κ3) is 5.47. The van der Waals surface area contributed by atoms with E-state index in [1.54, 1.807) is 24.3 Å². The average molecular weight is 484 g/mol. The van der Waals surface area contributed by atoms with Gasteiger partial charge in [-0.25, -0.2) is 4.79 Å². The summed E-state index contributed by atoms with van der Waals surface area (Å²) in [5.41, 5.74) is 0.825. The van der Waals surface area contributed by atoms with Gasteiger partial charge in [-0.2, -0.15) is 5.26 Å². The summed E-state index contributed by atoms with van der Waals surface area (Å²) in [7, 11) is 2.40. The number of carbonyl (C=O) groups excluding carboxylic acids is 4. The molecule has 0 spiro atoms. The van der Waals surface area contributed by atoms with Crippen LogP contribution in [0.2, 0.25) is 0 Å². The van der Waals surface area contributed by atoms with Crippen LogP contribution in [0.25, 0.3) is 0 Å². The van der Waals surface area contributed by atoms with E-state index in [-0.39, 0.29) is 34.4 Å². The van der Waals surface area contributed by atoms with Gasteiger partial charge in [-0.1, -0.05) is 23.9 Å². The lowest BCUT2D eigenvalue weighted by Gasteiger charge is -2.31. The topological polar surface area (TPSA) is 148 Å². The molecule has 0 fully saturated rings. The molecule has 34 heavy (non-hydrogen) atoms. The van der Waals surface area contributed by atoms with Gasteiger partial charge in [0.1, 0.15) is 11.7 Å². The van der Waals surface area contributed by atoms with Crippen LogP contribution in [0.4, 0.5) is 0 Å². The molecule has 10 nitrogen and oxygen atoms in total. The van der Waals surface area contributed by atoms with E-state index in [4.69, 9.17) is 9.15 Å². The van der Waals surface area contributed by atoms with Crippen molar-refractivity contribution in [3.05, 3.63) is 70.2 Å². The van der Waals surface area contributed by atoms with Crippen LogP contribution in [0.15, 0.2) is 57.7 Å². The van der Waals surface area contributed by atoms with E-state index in [0.29, 0.717) is 11.3 Å². The van der Waals surface area contributed by atoms with Crippen molar-refractivity contribution in [3.8, 4) is 6.07 Å². The van der Waals surface area contributed by atoms with Gasteiger partial charge in [0.15, 0.2) is 0 Å². The van der Waals surface area contributed by atoms with Gasteiger partial charge in [0, 0.05) is 5.92 Å². The molecule has 0 radical (unpaired) electrons. The Kier molecular flexibility index (Phi) is 8.10. The van der Waals surface area contributed by atoms with E-state index < -0.39 is 29.7 Å². The SMILES string of the molecule is COC(=O)c1ccc([C@@H]2C(C#N)=C(SCC(=O)NCc3ccco3)NC(=O)[C@@H]2C(=O)OC)cc1. The molecular formula is C23H21N3O7S. The van der Waals surface area contributed by atoms with Gasteiger partial charge in [0.25, 0.3) is 0 Å². The van der Waals surface area contributed by atoms with Crippen LogP contribution in [0, 0.1) is 17.2 Å². The second kappa shape index (κ2) is 11.2. The molecule has 0 saturated carbocycles. The number of furan rings is 1. The molecule has 0 aliphatic carbocycles. The Morgan fingerprint density at radius 2 is 1.91 bits per heavy atom. The number of nitrogens with one attached hydrogen (secondary N) is 2. The van der Waals surface area contributed by atoms with Gasteiger partial charge in [-0.3, -0.25) is 14.4 Å². The van der Waals surface area contributed by atoms with E-state index in [9.17, 15) is 24.4 Å². The number of hydrogen-bond donors (Lipinski definition) is 2. The fraction of sp³-hybridized carbons (Fsp3) is 0.261. The van der Waals surface area contributed by atoms with Crippen LogP contribution >= 0.6 is 11.8 Å². The number of carbonyl (C=O) groups is 4. The van der Waals surface area contributed by atoms with E-state index in [2.05, 4.69) is 21.4 Å². The number of hydrogen-bond acceptors (Lipinski definition) is 9. The molecule has 0 bridgehead atoms. The Morgan fingerprint density at radius 3 is 2.50 bits per heavy atom. The highest BCUT2D eigenvalue weighted by Gasteiger charge is 2.44. The third-order valence-electron chi connectivity index (χ3n) is 5.06. The number of allylic oxidation sites excluding steroid dienone is 1. The van der Waals surface area contributed by atoms with Crippen molar-refractivity contribution in [1.29, 1.82) is 5.26 Å². The normalized spacial score (nSPS) is 17.4. The first-order valence-electron chi connectivity index (χ1n) is 10.0. The van der Waals surface area contributed by atoms with Crippen LogP contribution in [-0.2, 0) is 30.4 Å². The molecule has 2 atom stereocenters. The zero-order chi connectivity index (χ0) is 24.7. The van der Waals surface area contributed by atoms with Gasteiger partial charge in [-0.15, -0.1) is 0 Å². The molecule has 2 N–H and O–H groups in total. The standard InChI is InChI=1S/C23H21N3O7S/c1-31-22(29)14-7-5-13(6-8-14)18-16(10-24)21(26-20(28)19(18)23(30)32-2)34-12-17(27)25-11-15-4-3-9-33-15/h3-9,18-19H,11-12H2,1-2H3,(H,25,27)(H,26,28)/t18-,19-/m1/s1. The highest BCUT2D eigenvalue weighted by molar-refractivity contribution is 8.03. The number of rotatable bonds is 8. The minimum atomic E-state index is -1.32. The molecule has 2 aromatic rings. The van der Waals surface area contributed by atoms with Crippen molar-refractivity contribution >= 4 is 35.5 Å². The number of nitrogens with zero attached hydrogens (tertiary/aromatic N) is 1. The molecular weight excluding hydrogens is 462 g/mol.